The molecule has 0 saturated carbocycles. The molecule has 0 radical (unpaired) electrons. The highest BCUT2D eigenvalue weighted by molar-refractivity contribution is 5.75. The van der Waals surface area contributed by atoms with Crippen LogP contribution in [0.5, 0.6) is 0 Å². The third-order valence-corrected chi connectivity index (χ3v) is 3.57. The van der Waals surface area contributed by atoms with Crippen LogP contribution in [0.25, 0.3) is 0 Å². The van der Waals surface area contributed by atoms with Crippen LogP contribution >= 0.6 is 0 Å². The first-order valence-corrected chi connectivity index (χ1v) is 7.84. The predicted molar refractivity (Wildman–Crippen MR) is 84.7 cm³/mol. The van der Waals surface area contributed by atoms with Gasteiger partial charge in [-0.05, 0) is 40.5 Å². The number of likely N-dealkylation sites (tertiary alicyclic amines) is 1. The fourth-order valence-electron chi connectivity index (χ4n) is 2.30. The minimum Gasteiger partial charge on any atom is -0.444 e. The van der Waals surface area contributed by atoms with Crippen molar-refractivity contribution in [2.24, 2.45) is 0 Å². The number of hydrogen-bond acceptors (Lipinski definition) is 4. The van der Waals surface area contributed by atoms with E-state index in [0.717, 1.165) is 6.42 Å². The molecule has 1 atom stereocenters. The van der Waals surface area contributed by atoms with Crippen LogP contribution in [0.4, 0.5) is 4.79 Å². The Kier molecular flexibility index (Phi) is 6.23. The van der Waals surface area contributed by atoms with Crippen molar-refractivity contribution in [3.63, 3.8) is 0 Å². The molecular weight excluding hydrogens is 284 g/mol. The molecular formula is C16H30N2O4. The molecule has 128 valence electrons. The summed E-state index contributed by atoms with van der Waals surface area (Å²) in [6, 6.07) is 0. The summed E-state index contributed by atoms with van der Waals surface area (Å²) in [7, 11) is 3.50. The molecule has 6 heteroatoms. The van der Waals surface area contributed by atoms with Gasteiger partial charge in [-0.2, -0.15) is 0 Å². The van der Waals surface area contributed by atoms with Crippen LogP contribution in [-0.2, 0) is 14.3 Å². The molecule has 0 spiro atoms. The summed E-state index contributed by atoms with van der Waals surface area (Å²) in [5, 5.41) is 0. The van der Waals surface area contributed by atoms with Crippen LogP contribution < -0.4 is 0 Å². The van der Waals surface area contributed by atoms with Crippen molar-refractivity contribution >= 4 is 12.0 Å². The molecule has 1 heterocycles. The summed E-state index contributed by atoms with van der Waals surface area (Å²) in [6.45, 7) is 9.28. The summed E-state index contributed by atoms with van der Waals surface area (Å²) in [5.41, 5.74) is -0.832. The van der Waals surface area contributed by atoms with Crippen molar-refractivity contribution < 1.29 is 19.1 Å². The first-order valence-electron chi connectivity index (χ1n) is 7.84. The smallest absolute Gasteiger partial charge is 0.410 e. The lowest BCUT2D eigenvalue weighted by Crippen LogP contribution is -2.39. The molecule has 1 aliphatic rings. The zero-order chi connectivity index (χ0) is 17.0. The molecule has 1 unspecified atom stereocenters. The van der Waals surface area contributed by atoms with Crippen molar-refractivity contribution in [2.75, 3.05) is 33.8 Å². The van der Waals surface area contributed by atoms with E-state index in [2.05, 4.69) is 0 Å². The van der Waals surface area contributed by atoms with Crippen molar-refractivity contribution in [1.29, 1.82) is 0 Å². The van der Waals surface area contributed by atoms with Gasteiger partial charge in [0.2, 0.25) is 5.91 Å². The SMILES string of the molecule is CN(C)C(=O)CCCOC1(C)CCN(C(=O)OC(C)(C)C)C1. The van der Waals surface area contributed by atoms with Crippen molar-refractivity contribution in [1.82, 2.24) is 9.80 Å². The second-order valence-electron chi connectivity index (χ2n) is 7.34. The van der Waals surface area contributed by atoms with Gasteiger partial charge < -0.3 is 19.3 Å². The number of ether oxygens (including phenoxy) is 2. The van der Waals surface area contributed by atoms with Gasteiger partial charge in [-0.15, -0.1) is 0 Å². The standard InChI is InChI=1S/C16H30N2O4/c1-15(2,3)22-14(20)18-10-9-16(4,12-18)21-11-7-8-13(19)17(5)6/h7-12H2,1-6H3. The summed E-state index contributed by atoms with van der Waals surface area (Å²) in [4.78, 5) is 26.8. The van der Waals surface area contributed by atoms with Crippen LogP contribution in [0.1, 0.15) is 47.0 Å². The van der Waals surface area contributed by atoms with Gasteiger partial charge in [0.05, 0.1) is 12.1 Å². The van der Waals surface area contributed by atoms with Crippen LogP contribution in [0.15, 0.2) is 0 Å². The number of hydrogen-bond donors (Lipinski definition) is 0. The Bertz CT molecular complexity index is 403. The van der Waals surface area contributed by atoms with E-state index in [9.17, 15) is 9.59 Å². The Balaban J connectivity index is 2.34. The molecule has 0 aromatic heterocycles. The van der Waals surface area contributed by atoms with Crippen LogP contribution in [0, 0.1) is 0 Å². The molecule has 1 rings (SSSR count). The Labute approximate surface area is 133 Å². The van der Waals surface area contributed by atoms with E-state index in [1.165, 1.54) is 0 Å². The van der Waals surface area contributed by atoms with E-state index in [-0.39, 0.29) is 17.6 Å². The van der Waals surface area contributed by atoms with Crippen molar-refractivity contribution in [3.8, 4) is 0 Å². The van der Waals surface area contributed by atoms with E-state index in [0.29, 0.717) is 32.5 Å². The molecule has 0 aromatic rings. The zero-order valence-corrected chi connectivity index (χ0v) is 14.8. The predicted octanol–water partition coefficient (Wildman–Crippen LogP) is 2.27. The second kappa shape index (κ2) is 7.31. The number of nitrogens with zero attached hydrogens (tertiary/aromatic N) is 2. The molecule has 0 aliphatic carbocycles. The number of amides is 2. The molecule has 1 aliphatic heterocycles. The van der Waals surface area contributed by atoms with Gasteiger partial charge in [-0.3, -0.25) is 4.79 Å². The quantitative estimate of drug-likeness (QED) is 0.730. The normalized spacial score (nSPS) is 21.8. The molecule has 2 amide bonds. The van der Waals surface area contributed by atoms with E-state index >= 15 is 0 Å². The molecule has 0 bridgehead atoms. The molecule has 22 heavy (non-hydrogen) atoms. The third-order valence-electron chi connectivity index (χ3n) is 3.57. The fourth-order valence-corrected chi connectivity index (χ4v) is 2.30. The lowest BCUT2D eigenvalue weighted by Gasteiger charge is -2.27. The lowest BCUT2D eigenvalue weighted by atomic mass is 10.1. The average molecular weight is 314 g/mol. The van der Waals surface area contributed by atoms with Gasteiger partial charge in [0.25, 0.3) is 0 Å². The van der Waals surface area contributed by atoms with Gasteiger partial charge in [-0.25, -0.2) is 4.79 Å². The van der Waals surface area contributed by atoms with Crippen LogP contribution in [0.2, 0.25) is 0 Å². The zero-order valence-electron chi connectivity index (χ0n) is 14.8. The Hall–Kier alpha value is -1.30. The molecule has 1 saturated heterocycles. The summed E-state index contributed by atoms with van der Waals surface area (Å²) in [6.07, 6.45) is 1.67. The number of carbonyl (C=O) groups is 2. The largest absolute Gasteiger partial charge is 0.444 e. The lowest BCUT2D eigenvalue weighted by molar-refractivity contribution is -0.129. The minimum absolute atomic E-state index is 0.107. The van der Waals surface area contributed by atoms with Gasteiger partial charge in [0.1, 0.15) is 5.60 Å². The summed E-state index contributed by atoms with van der Waals surface area (Å²) in [5.74, 6) is 0.107. The highest BCUT2D eigenvalue weighted by atomic mass is 16.6. The molecule has 1 fully saturated rings. The summed E-state index contributed by atoms with van der Waals surface area (Å²) < 4.78 is 11.3. The van der Waals surface area contributed by atoms with Gasteiger partial charge >= 0.3 is 6.09 Å². The third kappa shape index (κ3) is 6.22. The highest BCUT2D eigenvalue weighted by Gasteiger charge is 2.38. The van der Waals surface area contributed by atoms with Crippen LogP contribution in [0.3, 0.4) is 0 Å². The van der Waals surface area contributed by atoms with Gasteiger partial charge in [0.15, 0.2) is 0 Å². The van der Waals surface area contributed by atoms with E-state index in [1.807, 2.05) is 27.7 Å². The topological polar surface area (TPSA) is 59.1 Å². The van der Waals surface area contributed by atoms with Crippen LogP contribution in [-0.4, -0.2) is 66.8 Å². The van der Waals surface area contributed by atoms with E-state index in [1.54, 1.807) is 23.9 Å². The number of rotatable bonds is 5. The minimum atomic E-state index is -0.483. The molecule has 0 N–H and O–H groups in total. The maximum absolute atomic E-state index is 12.0. The monoisotopic (exact) mass is 314 g/mol. The van der Waals surface area contributed by atoms with Gasteiger partial charge in [-0.1, -0.05) is 0 Å². The van der Waals surface area contributed by atoms with E-state index < -0.39 is 5.60 Å². The summed E-state index contributed by atoms with van der Waals surface area (Å²) >= 11 is 0. The fraction of sp³-hybridized carbons (Fsp3) is 0.875. The first-order chi connectivity index (χ1) is 10.0. The maximum Gasteiger partial charge on any atom is 0.410 e. The average Bonchev–Trinajstić information content (AvgIpc) is 2.75. The van der Waals surface area contributed by atoms with Gasteiger partial charge in [0, 0.05) is 33.7 Å². The van der Waals surface area contributed by atoms with Crippen molar-refractivity contribution in [3.05, 3.63) is 0 Å². The Morgan fingerprint density at radius 2 is 1.91 bits per heavy atom. The maximum atomic E-state index is 12.0. The highest BCUT2D eigenvalue weighted by Crippen LogP contribution is 2.26. The second-order valence-corrected chi connectivity index (χ2v) is 7.34. The number of carbonyl (C=O) groups excluding carboxylic acids is 2. The van der Waals surface area contributed by atoms with Crippen molar-refractivity contribution in [2.45, 2.75) is 58.2 Å². The Morgan fingerprint density at radius 1 is 1.27 bits per heavy atom. The molecule has 0 aromatic carbocycles. The molecule has 6 nitrogen and oxygen atoms in total. The Morgan fingerprint density at radius 3 is 2.45 bits per heavy atom. The van der Waals surface area contributed by atoms with E-state index in [4.69, 9.17) is 9.47 Å². The first kappa shape index (κ1) is 18.7.